The molecule has 0 amide bonds. The molecular formula is C24H36N3O+3. The lowest BCUT2D eigenvalue weighted by atomic mass is 10.0. The van der Waals surface area contributed by atoms with Crippen LogP contribution >= 0.6 is 0 Å². The summed E-state index contributed by atoms with van der Waals surface area (Å²) in [6.07, 6.45) is 2.79. The Morgan fingerprint density at radius 1 is 0.714 bits per heavy atom. The molecule has 0 aliphatic carbocycles. The minimum atomic E-state index is 0.891. The molecule has 0 atom stereocenters. The molecule has 2 aromatic rings. The number of piperazine rings is 1. The summed E-state index contributed by atoms with van der Waals surface area (Å²) in [5, 5.41) is 0. The molecule has 4 rings (SSSR count). The predicted molar refractivity (Wildman–Crippen MR) is 112 cm³/mol. The topological polar surface area (TPSA) is 22.6 Å². The molecule has 0 saturated carbocycles. The molecule has 0 spiro atoms. The summed E-state index contributed by atoms with van der Waals surface area (Å²) in [6.45, 7) is 10.3. The number of piperidine rings is 1. The molecule has 2 aliphatic heterocycles. The lowest BCUT2D eigenvalue weighted by molar-refractivity contribution is -1.04. The maximum absolute atomic E-state index is 5.27. The molecule has 0 radical (unpaired) electrons. The van der Waals surface area contributed by atoms with Crippen LogP contribution in [-0.2, 0) is 13.1 Å². The largest absolute Gasteiger partial charge is 0.497 e. The first kappa shape index (κ1) is 19.4. The molecule has 2 aromatic carbocycles. The highest BCUT2D eigenvalue weighted by molar-refractivity contribution is 5.26. The van der Waals surface area contributed by atoms with Crippen molar-refractivity contribution in [3.8, 4) is 5.75 Å². The number of hydrogen-bond donors (Lipinski definition) is 3. The van der Waals surface area contributed by atoms with Crippen LogP contribution in [0.2, 0.25) is 0 Å². The van der Waals surface area contributed by atoms with Crippen molar-refractivity contribution in [3.63, 3.8) is 0 Å². The Morgan fingerprint density at radius 2 is 1.29 bits per heavy atom. The normalized spacial score (nSPS) is 28.0. The molecule has 4 heteroatoms. The zero-order valence-corrected chi connectivity index (χ0v) is 17.3. The number of hydrogen-bond acceptors (Lipinski definition) is 1. The highest BCUT2D eigenvalue weighted by atomic mass is 16.5. The van der Waals surface area contributed by atoms with Crippen molar-refractivity contribution in [2.75, 3.05) is 46.4 Å². The van der Waals surface area contributed by atoms with E-state index in [1.165, 1.54) is 69.8 Å². The summed E-state index contributed by atoms with van der Waals surface area (Å²) >= 11 is 0. The molecule has 2 saturated heterocycles. The molecule has 2 fully saturated rings. The first-order valence-corrected chi connectivity index (χ1v) is 11.0. The second kappa shape index (κ2) is 9.55. The molecule has 0 bridgehead atoms. The van der Waals surface area contributed by atoms with Crippen LogP contribution < -0.4 is 19.4 Å². The summed E-state index contributed by atoms with van der Waals surface area (Å²) in [4.78, 5) is 5.38. The number of methoxy groups -OCH3 is 1. The molecule has 3 N–H and O–H groups in total. The van der Waals surface area contributed by atoms with Crippen molar-refractivity contribution in [1.82, 2.24) is 0 Å². The molecule has 150 valence electrons. The SMILES string of the molecule is COc1ccc(C[NH+]2CC[NH+](C3CC[NH+](Cc4ccccc4)CC3)CC2)cc1. The van der Waals surface area contributed by atoms with Crippen molar-refractivity contribution in [3.05, 3.63) is 65.7 Å². The number of rotatable bonds is 6. The van der Waals surface area contributed by atoms with Gasteiger partial charge in [0.05, 0.1) is 26.2 Å². The minimum Gasteiger partial charge on any atom is -0.497 e. The zero-order chi connectivity index (χ0) is 19.2. The maximum Gasteiger partial charge on any atom is 0.127 e. The molecule has 0 unspecified atom stereocenters. The summed E-state index contributed by atoms with van der Waals surface area (Å²) in [5.74, 6) is 0.953. The number of quaternary nitrogens is 3. The summed E-state index contributed by atoms with van der Waals surface area (Å²) < 4.78 is 5.27. The highest BCUT2D eigenvalue weighted by Crippen LogP contribution is 2.10. The van der Waals surface area contributed by atoms with Gasteiger partial charge >= 0.3 is 0 Å². The summed E-state index contributed by atoms with van der Waals surface area (Å²) in [6, 6.07) is 20.5. The van der Waals surface area contributed by atoms with Crippen LogP contribution in [0.5, 0.6) is 5.75 Å². The standard InChI is InChI=1S/C24H33N3O/c1-28-24-9-7-22(8-10-24)20-26-15-17-27(18-16-26)23-11-13-25(14-12-23)19-21-5-3-2-4-6-21/h2-10,23H,11-20H2,1H3/p+3. The third-order valence-corrected chi connectivity index (χ3v) is 6.78. The zero-order valence-electron chi connectivity index (χ0n) is 17.3. The van der Waals surface area contributed by atoms with Gasteiger partial charge < -0.3 is 19.4 Å². The van der Waals surface area contributed by atoms with Crippen LogP contribution in [0.1, 0.15) is 24.0 Å². The van der Waals surface area contributed by atoms with Gasteiger partial charge in [-0.2, -0.15) is 0 Å². The molecule has 2 heterocycles. The van der Waals surface area contributed by atoms with E-state index < -0.39 is 0 Å². The van der Waals surface area contributed by atoms with Crippen molar-refractivity contribution >= 4 is 0 Å². The third-order valence-electron chi connectivity index (χ3n) is 6.78. The third kappa shape index (κ3) is 5.13. The van der Waals surface area contributed by atoms with Crippen LogP contribution in [0.25, 0.3) is 0 Å². The van der Waals surface area contributed by atoms with Gasteiger partial charge in [0.15, 0.2) is 0 Å². The van der Waals surface area contributed by atoms with Gasteiger partial charge in [-0.1, -0.05) is 30.3 Å². The van der Waals surface area contributed by atoms with E-state index in [2.05, 4.69) is 54.6 Å². The van der Waals surface area contributed by atoms with Crippen LogP contribution in [-0.4, -0.2) is 52.4 Å². The minimum absolute atomic E-state index is 0.891. The average Bonchev–Trinajstić information content (AvgIpc) is 2.76. The summed E-state index contributed by atoms with van der Waals surface area (Å²) in [7, 11) is 1.73. The quantitative estimate of drug-likeness (QED) is 0.600. The Labute approximate surface area is 169 Å². The van der Waals surface area contributed by atoms with E-state index in [0.717, 1.165) is 18.3 Å². The van der Waals surface area contributed by atoms with Gasteiger partial charge in [0.1, 0.15) is 45.0 Å². The highest BCUT2D eigenvalue weighted by Gasteiger charge is 2.33. The smallest absolute Gasteiger partial charge is 0.127 e. The van der Waals surface area contributed by atoms with E-state index in [1.54, 1.807) is 16.9 Å². The second-order valence-electron chi connectivity index (χ2n) is 8.62. The average molecular weight is 383 g/mol. The van der Waals surface area contributed by atoms with Crippen molar-refractivity contribution in [1.29, 1.82) is 0 Å². The van der Waals surface area contributed by atoms with Crippen LogP contribution in [0.15, 0.2) is 54.6 Å². The molecule has 2 aliphatic rings. The molecule has 28 heavy (non-hydrogen) atoms. The second-order valence-corrected chi connectivity index (χ2v) is 8.62. The number of likely N-dealkylation sites (tertiary alicyclic amines) is 1. The molecule has 4 nitrogen and oxygen atoms in total. The maximum atomic E-state index is 5.27. The Kier molecular flexibility index (Phi) is 6.63. The van der Waals surface area contributed by atoms with E-state index in [0.29, 0.717) is 0 Å². The fraction of sp³-hybridized carbons (Fsp3) is 0.500. The van der Waals surface area contributed by atoms with Crippen molar-refractivity contribution in [2.24, 2.45) is 0 Å². The number of ether oxygens (including phenoxy) is 1. The van der Waals surface area contributed by atoms with Gasteiger partial charge in [-0.25, -0.2) is 0 Å². The Balaban J connectivity index is 1.19. The first-order chi connectivity index (χ1) is 13.8. The Bertz CT molecular complexity index is 702. The number of benzene rings is 2. The van der Waals surface area contributed by atoms with Gasteiger partial charge in [0.2, 0.25) is 0 Å². The van der Waals surface area contributed by atoms with Crippen molar-refractivity contribution < 1.29 is 19.4 Å². The lowest BCUT2D eigenvalue weighted by Crippen LogP contribution is -3.30. The van der Waals surface area contributed by atoms with Crippen molar-refractivity contribution in [2.45, 2.75) is 32.0 Å². The van der Waals surface area contributed by atoms with Gasteiger partial charge in [0, 0.05) is 24.0 Å². The van der Waals surface area contributed by atoms with E-state index in [1.807, 2.05) is 4.90 Å². The molecule has 0 aromatic heterocycles. The Hall–Kier alpha value is -1.88. The van der Waals surface area contributed by atoms with Gasteiger partial charge in [-0.3, -0.25) is 0 Å². The Morgan fingerprint density at radius 3 is 1.89 bits per heavy atom. The van der Waals surface area contributed by atoms with Gasteiger partial charge in [-0.05, 0) is 24.3 Å². The summed E-state index contributed by atoms with van der Waals surface area (Å²) in [5.41, 5.74) is 2.91. The first-order valence-electron chi connectivity index (χ1n) is 11.0. The van der Waals surface area contributed by atoms with E-state index in [9.17, 15) is 0 Å². The van der Waals surface area contributed by atoms with E-state index >= 15 is 0 Å². The van der Waals surface area contributed by atoms with Crippen LogP contribution in [0.4, 0.5) is 0 Å². The predicted octanol–water partition coefficient (Wildman–Crippen LogP) is -0.774. The number of nitrogens with one attached hydrogen (secondary N) is 3. The molecular weight excluding hydrogens is 346 g/mol. The van der Waals surface area contributed by atoms with Gasteiger partial charge in [-0.15, -0.1) is 0 Å². The van der Waals surface area contributed by atoms with Crippen LogP contribution in [0.3, 0.4) is 0 Å². The fourth-order valence-corrected chi connectivity index (χ4v) is 5.04. The lowest BCUT2D eigenvalue weighted by Gasteiger charge is -2.37. The monoisotopic (exact) mass is 382 g/mol. The fourth-order valence-electron chi connectivity index (χ4n) is 5.04. The van der Waals surface area contributed by atoms with E-state index in [4.69, 9.17) is 4.74 Å². The van der Waals surface area contributed by atoms with Crippen LogP contribution in [0, 0.1) is 0 Å². The van der Waals surface area contributed by atoms with Gasteiger partial charge in [0.25, 0.3) is 0 Å². The van der Waals surface area contributed by atoms with E-state index in [-0.39, 0.29) is 0 Å².